The van der Waals surface area contributed by atoms with Crippen molar-refractivity contribution in [3.8, 4) is 11.3 Å². The maximum Gasteiger partial charge on any atom is 0.239 e. The molecule has 0 bridgehead atoms. The second kappa shape index (κ2) is 8.69. The summed E-state index contributed by atoms with van der Waals surface area (Å²) in [5.74, 6) is 2.35. The summed E-state index contributed by atoms with van der Waals surface area (Å²) in [5.41, 5.74) is 2.06. The summed E-state index contributed by atoms with van der Waals surface area (Å²) in [5, 5.41) is 11.4. The summed E-state index contributed by atoms with van der Waals surface area (Å²) in [4.78, 5) is 18.6. The van der Waals surface area contributed by atoms with Crippen LogP contribution in [0, 0.1) is 12.8 Å². The van der Waals surface area contributed by atoms with Gasteiger partial charge in [0.15, 0.2) is 5.82 Å². The molecule has 1 fully saturated rings. The van der Waals surface area contributed by atoms with E-state index in [0.29, 0.717) is 12.5 Å². The van der Waals surface area contributed by atoms with Gasteiger partial charge >= 0.3 is 0 Å². The first-order valence-corrected chi connectivity index (χ1v) is 10.3. The number of aromatic amines is 1. The summed E-state index contributed by atoms with van der Waals surface area (Å²) in [6.07, 6.45) is 5.61. The van der Waals surface area contributed by atoms with Crippen LogP contribution in [0.1, 0.15) is 18.7 Å². The number of benzene rings is 1. The van der Waals surface area contributed by atoms with Crippen molar-refractivity contribution in [2.45, 2.75) is 26.3 Å². The summed E-state index contributed by atoms with van der Waals surface area (Å²) in [7, 11) is 0. The number of aromatic nitrogens is 4. The predicted octanol–water partition coefficient (Wildman–Crippen LogP) is 3.27. The fraction of sp³-hybridized carbons (Fsp3) is 0.381. The Labute approximate surface area is 175 Å². The molecule has 2 N–H and O–H groups in total. The average Bonchev–Trinajstić information content (AvgIpc) is 3.37. The highest BCUT2D eigenvalue weighted by Crippen LogP contribution is 2.26. The highest BCUT2D eigenvalue weighted by Gasteiger charge is 2.21. The first-order chi connectivity index (χ1) is 14.1. The fourth-order valence-corrected chi connectivity index (χ4v) is 3.78. The first kappa shape index (κ1) is 19.5. The van der Waals surface area contributed by atoms with E-state index < -0.39 is 0 Å². The number of halogens is 1. The Morgan fingerprint density at radius 1 is 1.28 bits per heavy atom. The van der Waals surface area contributed by atoms with Crippen molar-refractivity contribution in [2.24, 2.45) is 5.92 Å². The van der Waals surface area contributed by atoms with Crippen molar-refractivity contribution in [2.75, 3.05) is 24.5 Å². The number of imidazole rings is 1. The first-order valence-electron chi connectivity index (χ1n) is 9.89. The van der Waals surface area contributed by atoms with Crippen LogP contribution < -0.4 is 10.2 Å². The van der Waals surface area contributed by atoms with Crippen LogP contribution in [0.4, 0.5) is 5.82 Å². The lowest BCUT2D eigenvalue weighted by Gasteiger charge is -2.32. The van der Waals surface area contributed by atoms with Gasteiger partial charge in [0.05, 0.1) is 5.69 Å². The van der Waals surface area contributed by atoms with Gasteiger partial charge in [-0.15, -0.1) is 0 Å². The lowest BCUT2D eigenvalue weighted by Crippen LogP contribution is -2.39. The van der Waals surface area contributed by atoms with Crippen LogP contribution in [0.2, 0.25) is 5.02 Å². The molecule has 1 amide bonds. The number of carbonyl (C=O) groups is 1. The molecule has 152 valence electrons. The molecular weight excluding hydrogens is 388 g/mol. The maximum atomic E-state index is 12.2. The number of nitrogens with zero attached hydrogens (tertiary/aromatic N) is 4. The smallest absolute Gasteiger partial charge is 0.239 e. The molecule has 0 unspecified atom stereocenters. The largest absolute Gasteiger partial charge is 0.355 e. The number of piperidine rings is 1. The summed E-state index contributed by atoms with van der Waals surface area (Å²) in [6.45, 7) is 4.82. The van der Waals surface area contributed by atoms with E-state index in [1.165, 1.54) is 0 Å². The predicted molar refractivity (Wildman–Crippen MR) is 114 cm³/mol. The lowest BCUT2D eigenvalue weighted by molar-refractivity contribution is -0.121. The van der Waals surface area contributed by atoms with Crippen LogP contribution in [-0.2, 0) is 11.3 Å². The highest BCUT2D eigenvalue weighted by molar-refractivity contribution is 6.30. The fourth-order valence-electron chi connectivity index (χ4n) is 3.66. The van der Waals surface area contributed by atoms with E-state index in [1.807, 2.05) is 42.0 Å². The Balaban J connectivity index is 1.25. The Morgan fingerprint density at radius 3 is 2.72 bits per heavy atom. The SMILES string of the molecule is Cc1nccn1CC(=O)NCC1CCN(c2cc(-c3ccc(Cl)cc3)[nH]n2)CC1. The number of anilines is 1. The zero-order chi connectivity index (χ0) is 20.2. The van der Waals surface area contributed by atoms with Crippen molar-refractivity contribution in [3.05, 3.63) is 53.6 Å². The zero-order valence-corrected chi connectivity index (χ0v) is 17.2. The van der Waals surface area contributed by atoms with Gasteiger partial charge in [0, 0.05) is 43.1 Å². The van der Waals surface area contributed by atoms with Gasteiger partial charge in [0.1, 0.15) is 12.4 Å². The molecule has 1 aliphatic heterocycles. The van der Waals surface area contributed by atoms with Gasteiger partial charge in [0.2, 0.25) is 5.91 Å². The Kier molecular flexibility index (Phi) is 5.85. The minimum atomic E-state index is 0.0356. The normalized spacial score (nSPS) is 14.9. The molecule has 29 heavy (non-hydrogen) atoms. The lowest BCUT2D eigenvalue weighted by atomic mass is 9.97. The molecule has 1 aromatic carbocycles. The zero-order valence-electron chi connectivity index (χ0n) is 16.4. The standard InChI is InChI=1S/C21H25ClN6O/c1-15-23-8-11-28(15)14-21(29)24-13-16-6-9-27(10-7-16)20-12-19(25-26-20)17-2-4-18(22)5-3-17/h2-5,8,11-12,16H,6-7,9-10,13-14H2,1H3,(H,24,29)(H,25,26). The molecule has 2 aromatic heterocycles. The molecule has 0 spiro atoms. The topological polar surface area (TPSA) is 78.8 Å². The third kappa shape index (κ3) is 4.79. The number of H-pyrrole nitrogens is 1. The van der Waals surface area contributed by atoms with Crippen LogP contribution in [-0.4, -0.2) is 45.3 Å². The highest BCUT2D eigenvalue weighted by atomic mass is 35.5. The minimum Gasteiger partial charge on any atom is -0.355 e. The summed E-state index contributed by atoms with van der Waals surface area (Å²) in [6, 6.07) is 9.81. The van der Waals surface area contributed by atoms with Crippen LogP contribution >= 0.6 is 11.6 Å². The monoisotopic (exact) mass is 412 g/mol. The van der Waals surface area contributed by atoms with Crippen molar-refractivity contribution < 1.29 is 4.79 Å². The number of rotatable bonds is 6. The van der Waals surface area contributed by atoms with Gasteiger partial charge < -0.3 is 14.8 Å². The number of hydrogen-bond acceptors (Lipinski definition) is 4. The molecular formula is C21H25ClN6O. The molecule has 1 saturated heterocycles. The average molecular weight is 413 g/mol. The van der Waals surface area contributed by atoms with Gasteiger partial charge in [0.25, 0.3) is 0 Å². The molecule has 0 radical (unpaired) electrons. The number of nitrogens with one attached hydrogen (secondary N) is 2. The Morgan fingerprint density at radius 2 is 2.03 bits per heavy atom. The molecule has 0 atom stereocenters. The van der Waals surface area contributed by atoms with Gasteiger partial charge in [-0.25, -0.2) is 4.98 Å². The number of carbonyl (C=O) groups excluding carboxylic acids is 1. The third-order valence-corrected chi connectivity index (χ3v) is 5.74. The molecule has 0 aliphatic carbocycles. The van der Waals surface area contributed by atoms with Gasteiger partial charge in [-0.05, 0) is 43.4 Å². The second-order valence-electron chi connectivity index (χ2n) is 7.48. The number of hydrogen-bond donors (Lipinski definition) is 2. The minimum absolute atomic E-state index is 0.0356. The second-order valence-corrected chi connectivity index (χ2v) is 7.92. The number of aryl methyl sites for hydroxylation is 1. The third-order valence-electron chi connectivity index (χ3n) is 5.48. The van der Waals surface area contributed by atoms with Crippen LogP contribution in [0.3, 0.4) is 0 Å². The van der Waals surface area contributed by atoms with Crippen molar-refractivity contribution in [1.29, 1.82) is 0 Å². The Hall–Kier alpha value is -2.80. The van der Waals surface area contributed by atoms with E-state index in [-0.39, 0.29) is 5.91 Å². The van der Waals surface area contributed by atoms with Crippen LogP contribution in [0.15, 0.2) is 42.7 Å². The number of amides is 1. The van der Waals surface area contributed by atoms with Crippen molar-refractivity contribution in [3.63, 3.8) is 0 Å². The van der Waals surface area contributed by atoms with Gasteiger partial charge in [-0.3, -0.25) is 9.89 Å². The van der Waals surface area contributed by atoms with E-state index in [9.17, 15) is 4.79 Å². The Bertz CT molecular complexity index is 956. The van der Waals surface area contributed by atoms with E-state index in [4.69, 9.17) is 11.6 Å². The molecule has 0 saturated carbocycles. The molecule has 4 rings (SSSR count). The van der Waals surface area contributed by atoms with Crippen molar-refractivity contribution in [1.82, 2.24) is 25.1 Å². The van der Waals surface area contributed by atoms with Crippen molar-refractivity contribution >= 4 is 23.3 Å². The van der Waals surface area contributed by atoms with Gasteiger partial charge in [-0.2, -0.15) is 5.10 Å². The maximum absolute atomic E-state index is 12.2. The summed E-state index contributed by atoms with van der Waals surface area (Å²) >= 11 is 5.96. The molecule has 3 aromatic rings. The van der Waals surface area contributed by atoms with E-state index >= 15 is 0 Å². The van der Waals surface area contributed by atoms with Crippen LogP contribution in [0.5, 0.6) is 0 Å². The molecule has 3 heterocycles. The molecule has 1 aliphatic rings. The molecule has 7 nitrogen and oxygen atoms in total. The van der Waals surface area contributed by atoms with E-state index in [2.05, 4.69) is 31.5 Å². The van der Waals surface area contributed by atoms with E-state index in [1.54, 1.807) is 6.20 Å². The quantitative estimate of drug-likeness (QED) is 0.651. The van der Waals surface area contributed by atoms with Gasteiger partial charge in [-0.1, -0.05) is 23.7 Å². The van der Waals surface area contributed by atoms with E-state index in [0.717, 1.165) is 60.4 Å². The molecule has 8 heteroatoms. The van der Waals surface area contributed by atoms with Crippen LogP contribution in [0.25, 0.3) is 11.3 Å². The summed E-state index contributed by atoms with van der Waals surface area (Å²) < 4.78 is 1.85.